The number of hydrogen-bond acceptors (Lipinski definition) is 7. The molecule has 2 aromatic carbocycles. The monoisotopic (exact) mass is 535 g/mol. The lowest BCUT2D eigenvalue weighted by Crippen LogP contribution is -2.49. The van der Waals surface area contributed by atoms with Gasteiger partial charge in [-0.2, -0.15) is 4.99 Å². The summed E-state index contributed by atoms with van der Waals surface area (Å²) in [5, 5.41) is 0. The molecule has 1 atom stereocenters. The molecule has 10 nitrogen and oxygen atoms in total. The molecule has 208 valence electrons. The van der Waals surface area contributed by atoms with E-state index in [0.29, 0.717) is 49.5 Å². The Morgan fingerprint density at radius 2 is 1.69 bits per heavy atom. The molecule has 2 heterocycles. The Morgan fingerprint density at radius 1 is 1.00 bits per heavy atom. The van der Waals surface area contributed by atoms with Crippen LogP contribution >= 0.6 is 0 Å². The number of aliphatic imine (C=N–C) groups is 1. The van der Waals surface area contributed by atoms with E-state index in [2.05, 4.69) is 21.7 Å². The van der Waals surface area contributed by atoms with Crippen molar-refractivity contribution in [3.8, 4) is 0 Å². The Labute approximate surface area is 229 Å². The van der Waals surface area contributed by atoms with E-state index in [0.717, 1.165) is 39.0 Å². The quantitative estimate of drug-likeness (QED) is 0.202. The number of hydrogen-bond donors (Lipinski definition) is 1. The van der Waals surface area contributed by atoms with Gasteiger partial charge in [0, 0.05) is 56.1 Å². The number of benzene rings is 2. The molecule has 10 heteroatoms. The summed E-state index contributed by atoms with van der Waals surface area (Å²) in [6.07, 6.45) is 1.72. The molecule has 0 aliphatic carbocycles. The number of amides is 2. The van der Waals surface area contributed by atoms with Crippen LogP contribution in [0.2, 0.25) is 0 Å². The second-order valence-corrected chi connectivity index (χ2v) is 9.80. The number of carbonyl (C=O) groups is 3. The lowest BCUT2D eigenvalue weighted by atomic mass is 10.1. The average Bonchev–Trinajstić information content (AvgIpc) is 3.32. The normalized spacial score (nSPS) is 18.7. The number of esters is 1. The van der Waals surface area contributed by atoms with Crippen LogP contribution in [-0.2, 0) is 14.3 Å². The number of unbranched alkanes of at least 4 members (excludes halogenated alkanes) is 1. The number of nitrogens with two attached hydrogens (primary N) is 1. The summed E-state index contributed by atoms with van der Waals surface area (Å²) >= 11 is 0. The van der Waals surface area contributed by atoms with Crippen LogP contribution in [0.1, 0.15) is 42.1 Å². The average molecular weight is 536 g/mol. The van der Waals surface area contributed by atoms with Gasteiger partial charge in [0.05, 0.1) is 19.6 Å². The Hall–Kier alpha value is -3.76. The number of ether oxygens (including phenoxy) is 2. The van der Waals surface area contributed by atoms with Crippen molar-refractivity contribution in [2.75, 3.05) is 57.3 Å². The third kappa shape index (κ3) is 8.11. The van der Waals surface area contributed by atoms with Crippen molar-refractivity contribution in [1.29, 1.82) is 0 Å². The second-order valence-electron chi connectivity index (χ2n) is 9.80. The van der Waals surface area contributed by atoms with Gasteiger partial charge in [0.1, 0.15) is 11.9 Å². The molecule has 1 unspecified atom stereocenters. The molecule has 2 N–H and O–H groups in total. The Kier molecular flexibility index (Phi) is 10.0. The highest BCUT2D eigenvalue weighted by molar-refractivity contribution is 6.08. The van der Waals surface area contributed by atoms with Crippen LogP contribution in [0.15, 0.2) is 59.6 Å². The second kappa shape index (κ2) is 13.9. The molecule has 0 radical (unpaired) electrons. The van der Waals surface area contributed by atoms with Gasteiger partial charge in [-0.15, -0.1) is 0 Å². The number of rotatable bonds is 11. The first kappa shape index (κ1) is 28.3. The lowest BCUT2D eigenvalue weighted by Gasteiger charge is -2.35. The van der Waals surface area contributed by atoms with Gasteiger partial charge < -0.3 is 20.1 Å². The number of anilines is 1. The standard InChI is InChI=1S/C29H37N5O5/c1-2-3-19-38-26(35)13-14-32-15-17-33(18-16-32)20-25-21-34(29(37)39-25)24-11-9-22(10-12-24)27(30)31-28(36)23-7-5-4-6-8-23/h4-12,25H,2-3,13-21H2,1H3,(H2,30,31,36). The summed E-state index contributed by atoms with van der Waals surface area (Å²) in [4.78, 5) is 46.9. The largest absolute Gasteiger partial charge is 0.466 e. The van der Waals surface area contributed by atoms with Crippen LogP contribution in [0, 0.1) is 0 Å². The minimum absolute atomic E-state index is 0.116. The molecule has 0 bridgehead atoms. The van der Waals surface area contributed by atoms with E-state index in [-0.39, 0.29) is 24.0 Å². The molecule has 2 fully saturated rings. The molecular weight excluding hydrogens is 498 g/mol. The van der Waals surface area contributed by atoms with Crippen molar-refractivity contribution in [2.45, 2.75) is 32.3 Å². The van der Waals surface area contributed by atoms with Crippen molar-refractivity contribution in [3.05, 3.63) is 65.7 Å². The molecule has 2 aliphatic heterocycles. The molecular formula is C29H37N5O5. The van der Waals surface area contributed by atoms with Gasteiger partial charge >= 0.3 is 12.1 Å². The highest BCUT2D eigenvalue weighted by Gasteiger charge is 2.34. The summed E-state index contributed by atoms with van der Waals surface area (Å²) in [5.41, 5.74) is 7.81. The maximum atomic E-state index is 12.6. The van der Waals surface area contributed by atoms with Crippen LogP contribution in [0.5, 0.6) is 0 Å². The molecule has 2 aliphatic rings. The molecule has 0 saturated carbocycles. The number of carbonyl (C=O) groups excluding carboxylic acids is 3. The molecule has 4 rings (SSSR count). The predicted molar refractivity (Wildman–Crippen MR) is 149 cm³/mol. The maximum absolute atomic E-state index is 12.6. The number of cyclic esters (lactones) is 1. The number of amidine groups is 1. The summed E-state index contributed by atoms with van der Waals surface area (Å²) in [6, 6.07) is 15.8. The summed E-state index contributed by atoms with van der Waals surface area (Å²) < 4.78 is 10.9. The lowest BCUT2D eigenvalue weighted by molar-refractivity contribution is -0.144. The van der Waals surface area contributed by atoms with Gasteiger partial charge in [0.25, 0.3) is 5.91 Å². The van der Waals surface area contributed by atoms with E-state index < -0.39 is 5.91 Å². The van der Waals surface area contributed by atoms with Crippen molar-refractivity contribution in [2.24, 2.45) is 10.7 Å². The molecule has 2 amide bonds. The summed E-state index contributed by atoms with van der Waals surface area (Å²) in [6.45, 7) is 7.84. The van der Waals surface area contributed by atoms with Gasteiger partial charge in [0.15, 0.2) is 0 Å². The van der Waals surface area contributed by atoms with Crippen LogP contribution in [-0.4, -0.2) is 92.1 Å². The van der Waals surface area contributed by atoms with Gasteiger partial charge in [-0.3, -0.25) is 19.4 Å². The fourth-order valence-corrected chi connectivity index (χ4v) is 4.59. The minimum atomic E-state index is -0.408. The molecule has 2 aromatic rings. The number of nitrogens with zero attached hydrogens (tertiary/aromatic N) is 4. The zero-order chi connectivity index (χ0) is 27.6. The molecule has 39 heavy (non-hydrogen) atoms. The van der Waals surface area contributed by atoms with Gasteiger partial charge in [-0.05, 0) is 42.8 Å². The first-order valence-electron chi connectivity index (χ1n) is 13.6. The predicted octanol–water partition coefficient (Wildman–Crippen LogP) is 2.91. The van der Waals surface area contributed by atoms with Crippen LogP contribution in [0.3, 0.4) is 0 Å². The highest BCUT2D eigenvalue weighted by atomic mass is 16.6. The topological polar surface area (TPSA) is 118 Å². The third-order valence-corrected chi connectivity index (χ3v) is 6.91. The fourth-order valence-electron chi connectivity index (χ4n) is 4.59. The van der Waals surface area contributed by atoms with E-state index in [4.69, 9.17) is 15.2 Å². The Balaban J connectivity index is 1.22. The Morgan fingerprint density at radius 3 is 2.38 bits per heavy atom. The molecule has 0 aromatic heterocycles. The van der Waals surface area contributed by atoms with Crippen molar-refractivity contribution < 1.29 is 23.9 Å². The van der Waals surface area contributed by atoms with Crippen LogP contribution < -0.4 is 10.6 Å². The van der Waals surface area contributed by atoms with E-state index in [9.17, 15) is 14.4 Å². The van der Waals surface area contributed by atoms with Gasteiger partial charge in [-0.1, -0.05) is 31.5 Å². The third-order valence-electron chi connectivity index (χ3n) is 6.91. The number of piperazine rings is 1. The molecule has 2 saturated heterocycles. The van der Waals surface area contributed by atoms with E-state index in [1.165, 1.54) is 0 Å². The van der Waals surface area contributed by atoms with E-state index in [1.807, 2.05) is 6.07 Å². The SMILES string of the molecule is CCCCOC(=O)CCN1CCN(CC2CN(c3ccc(C(N)=NC(=O)c4ccccc4)cc3)C(=O)O2)CC1. The van der Waals surface area contributed by atoms with Gasteiger partial charge in [-0.25, -0.2) is 4.79 Å². The first-order chi connectivity index (χ1) is 18.9. The smallest absolute Gasteiger partial charge is 0.414 e. The van der Waals surface area contributed by atoms with Gasteiger partial charge in [0.2, 0.25) is 0 Å². The zero-order valence-electron chi connectivity index (χ0n) is 22.5. The van der Waals surface area contributed by atoms with E-state index in [1.54, 1.807) is 53.4 Å². The van der Waals surface area contributed by atoms with E-state index >= 15 is 0 Å². The highest BCUT2D eigenvalue weighted by Crippen LogP contribution is 2.23. The molecule has 0 spiro atoms. The fraction of sp³-hybridized carbons (Fsp3) is 0.448. The first-order valence-corrected chi connectivity index (χ1v) is 13.6. The minimum Gasteiger partial charge on any atom is -0.466 e. The van der Waals surface area contributed by atoms with Crippen molar-refractivity contribution in [3.63, 3.8) is 0 Å². The van der Waals surface area contributed by atoms with Crippen molar-refractivity contribution >= 4 is 29.5 Å². The zero-order valence-corrected chi connectivity index (χ0v) is 22.5. The van der Waals surface area contributed by atoms with Crippen LogP contribution in [0.25, 0.3) is 0 Å². The summed E-state index contributed by atoms with van der Waals surface area (Å²) in [7, 11) is 0. The Bertz CT molecular complexity index is 1150. The van der Waals surface area contributed by atoms with Crippen molar-refractivity contribution in [1.82, 2.24) is 9.80 Å². The maximum Gasteiger partial charge on any atom is 0.414 e. The summed E-state index contributed by atoms with van der Waals surface area (Å²) in [5.74, 6) is -0.425. The van der Waals surface area contributed by atoms with Crippen LogP contribution in [0.4, 0.5) is 10.5 Å².